The second-order valence-corrected chi connectivity index (χ2v) is 6.07. The second kappa shape index (κ2) is 8.12. The van der Waals surface area contributed by atoms with Gasteiger partial charge >= 0.3 is 11.9 Å². The zero-order chi connectivity index (χ0) is 18.5. The van der Waals surface area contributed by atoms with Gasteiger partial charge in [-0.2, -0.15) is 0 Å². The van der Waals surface area contributed by atoms with Gasteiger partial charge in [0.2, 0.25) is 0 Å². The number of ether oxygens (including phenoxy) is 3. The van der Waals surface area contributed by atoms with E-state index in [1.807, 2.05) is 0 Å². The molecule has 1 aliphatic rings. The highest BCUT2D eigenvalue weighted by atomic mass is 16.6. The zero-order valence-corrected chi connectivity index (χ0v) is 14.3. The molecule has 26 heavy (non-hydrogen) atoms. The third-order valence-corrected chi connectivity index (χ3v) is 4.21. The van der Waals surface area contributed by atoms with Gasteiger partial charge in [-0.1, -0.05) is 36.4 Å². The Hall–Kier alpha value is -2.70. The normalized spacial score (nSPS) is 24.8. The Bertz CT molecular complexity index is 745. The van der Waals surface area contributed by atoms with Crippen molar-refractivity contribution in [1.29, 1.82) is 0 Å². The largest absolute Gasteiger partial charge is 0.459 e. The lowest BCUT2D eigenvalue weighted by Crippen LogP contribution is -2.38. The van der Waals surface area contributed by atoms with Crippen molar-refractivity contribution in [1.82, 2.24) is 0 Å². The van der Waals surface area contributed by atoms with Gasteiger partial charge in [0, 0.05) is 0 Å². The highest BCUT2D eigenvalue weighted by Gasteiger charge is 2.44. The van der Waals surface area contributed by atoms with Crippen LogP contribution in [0.15, 0.2) is 60.7 Å². The molecular formula is C20H20O6. The number of hydrogen-bond acceptors (Lipinski definition) is 6. The Morgan fingerprint density at radius 1 is 0.962 bits per heavy atom. The maximum atomic E-state index is 12.3. The monoisotopic (exact) mass is 356 g/mol. The quantitative estimate of drug-likeness (QED) is 0.827. The second-order valence-electron chi connectivity index (χ2n) is 6.07. The van der Waals surface area contributed by atoms with E-state index < -0.39 is 36.4 Å². The van der Waals surface area contributed by atoms with E-state index >= 15 is 0 Å². The van der Waals surface area contributed by atoms with Crippen LogP contribution >= 0.6 is 0 Å². The number of aliphatic hydroxyl groups excluding tert-OH is 1. The summed E-state index contributed by atoms with van der Waals surface area (Å²) in [5.74, 6) is -1.07. The van der Waals surface area contributed by atoms with Crippen LogP contribution in [0.1, 0.15) is 27.6 Å². The van der Waals surface area contributed by atoms with E-state index in [9.17, 15) is 14.7 Å². The first-order chi connectivity index (χ1) is 12.6. The third-order valence-electron chi connectivity index (χ3n) is 4.21. The molecule has 0 saturated carbocycles. The fraction of sp³-hybridized carbons (Fsp3) is 0.300. The molecule has 2 aromatic rings. The van der Waals surface area contributed by atoms with E-state index in [0.717, 1.165) is 0 Å². The summed E-state index contributed by atoms with van der Waals surface area (Å²) in [5, 5.41) is 10.3. The summed E-state index contributed by atoms with van der Waals surface area (Å²) in [6.45, 7) is 1.55. The van der Waals surface area contributed by atoms with Gasteiger partial charge in [-0.15, -0.1) is 0 Å². The molecule has 0 aliphatic carbocycles. The van der Waals surface area contributed by atoms with Crippen LogP contribution in [0.2, 0.25) is 0 Å². The molecule has 2 unspecified atom stereocenters. The van der Waals surface area contributed by atoms with Crippen molar-refractivity contribution in [2.45, 2.75) is 31.3 Å². The molecule has 0 bridgehead atoms. The predicted octanol–water partition coefficient (Wildman–Crippen LogP) is 2.22. The fourth-order valence-electron chi connectivity index (χ4n) is 2.78. The van der Waals surface area contributed by atoms with Crippen molar-refractivity contribution in [2.75, 3.05) is 6.61 Å². The smallest absolute Gasteiger partial charge is 0.338 e. The first kappa shape index (κ1) is 18.1. The molecule has 0 radical (unpaired) electrons. The molecule has 1 aliphatic heterocycles. The lowest BCUT2D eigenvalue weighted by molar-refractivity contribution is -0.0418. The summed E-state index contributed by atoms with van der Waals surface area (Å²) >= 11 is 0. The molecule has 0 spiro atoms. The standard InChI is InChI=1S/C20H20O6/c1-13-17(21)18(26-20(23)15-10-6-3-7-11-15)16(25-13)12-24-19(22)14-8-4-2-5-9-14/h2-11,13,16-18,21H,12H2,1H3/t13-,16+,17?,18?/m0/s1. The molecule has 0 amide bonds. The third kappa shape index (κ3) is 4.09. The average molecular weight is 356 g/mol. The Balaban J connectivity index is 1.63. The SMILES string of the molecule is C[C@@H]1O[C@H](COC(=O)c2ccccc2)C(OC(=O)c2ccccc2)C1O. The van der Waals surface area contributed by atoms with E-state index in [4.69, 9.17) is 14.2 Å². The summed E-state index contributed by atoms with van der Waals surface area (Å²) in [4.78, 5) is 24.3. The minimum absolute atomic E-state index is 0.123. The van der Waals surface area contributed by atoms with Crippen LogP contribution < -0.4 is 0 Å². The van der Waals surface area contributed by atoms with Gasteiger partial charge in [-0.3, -0.25) is 0 Å². The Morgan fingerprint density at radius 2 is 1.50 bits per heavy atom. The van der Waals surface area contributed by atoms with Crippen molar-refractivity contribution in [2.24, 2.45) is 0 Å². The molecule has 1 saturated heterocycles. The lowest BCUT2D eigenvalue weighted by Gasteiger charge is -2.20. The fourth-order valence-corrected chi connectivity index (χ4v) is 2.78. The molecule has 1 heterocycles. The van der Waals surface area contributed by atoms with Gasteiger partial charge in [-0.25, -0.2) is 9.59 Å². The average Bonchev–Trinajstić information content (AvgIpc) is 2.95. The van der Waals surface area contributed by atoms with E-state index in [2.05, 4.69) is 0 Å². The Labute approximate surface area is 151 Å². The molecule has 136 valence electrons. The molecule has 2 aromatic carbocycles. The molecule has 3 rings (SSSR count). The summed E-state index contributed by atoms with van der Waals surface area (Å²) in [7, 11) is 0. The molecule has 6 heteroatoms. The summed E-state index contributed by atoms with van der Waals surface area (Å²) in [6.07, 6.45) is -3.19. The molecule has 1 fully saturated rings. The first-order valence-corrected chi connectivity index (χ1v) is 8.38. The summed E-state index contributed by atoms with van der Waals surface area (Å²) < 4.78 is 16.3. The highest BCUT2D eigenvalue weighted by molar-refractivity contribution is 5.90. The van der Waals surface area contributed by atoms with Crippen molar-refractivity contribution in [3.05, 3.63) is 71.8 Å². The maximum Gasteiger partial charge on any atom is 0.338 e. The van der Waals surface area contributed by atoms with Crippen LogP contribution in [-0.4, -0.2) is 48.1 Å². The number of aliphatic hydroxyl groups is 1. The number of hydrogen-bond donors (Lipinski definition) is 1. The van der Waals surface area contributed by atoms with Gasteiger partial charge in [0.15, 0.2) is 6.10 Å². The molecular weight excluding hydrogens is 336 g/mol. The first-order valence-electron chi connectivity index (χ1n) is 8.38. The molecule has 0 aromatic heterocycles. The van der Waals surface area contributed by atoms with Gasteiger partial charge in [-0.05, 0) is 31.2 Å². The number of esters is 2. The van der Waals surface area contributed by atoms with E-state index in [0.29, 0.717) is 11.1 Å². The van der Waals surface area contributed by atoms with Crippen molar-refractivity contribution < 1.29 is 28.9 Å². The van der Waals surface area contributed by atoms with Crippen molar-refractivity contribution in [3.8, 4) is 0 Å². The van der Waals surface area contributed by atoms with Gasteiger partial charge in [0.1, 0.15) is 18.8 Å². The topological polar surface area (TPSA) is 82.1 Å². The van der Waals surface area contributed by atoms with Gasteiger partial charge in [0.05, 0.1) is 17.2 Å². The predicted molar refractivity (Wildman–Crippen MR) is 92.7 cm³/mol. The minimum Gasteiger partial charge on any atom is -0.459 e. The summed E-state index contributed by atoms with van der Waals surface area (Å²) in [6, 6.07) is 17.0. The van der Waals surface area contributed by atoms with Crippen LogP contribution in [0.3, 0.4) is 0 Å². The number of carbonyl (C=O) groups excluding carboxylic acids is 2. The number of benzene rings is 2. The van der Waals surface area contributed by atoms with Gasteiger partial charge in [0.25, 0.3) is 0 Å². The number of carbonyl (C=O) groups is 2. The summed E-state index contributed by atoms with van der Waals surface area (Å²) in [5.41, 5.74) is 0.788. The van der Waals surface area contributed by atoms with Crippen LogP contribution in [0, 0.1) is 0 Å². The Morgan fingerprint density at radius 3 is 2.08 bits per heavy atom. The zero-order valence-electron chi connectivity index (χ0n) is 14.3. The molecule has 1 N–H and O–H groups in total. The van der Waals surface area contributed by atoms with Crippen LogP contribution in [0.25, 0.3) is 0 Å². The van der Waals surface area contributed by atoms with Crippen molar-refractivity contribution in [3.63, 3.8) is 0 Å². The highest BCUT2D eigenvalue weighted by Crippen LogP contribution is 2.25. The minimum atomic E-state index is -0.997. The maximum absolute atomic E-state index is 12.3. The lowest BCUT2D eigenvalue weighted by atomic mass is 10.1. The van der Waals surface area contributed by atoms with Crippen LogP contribution in [0.5, 0.6) is 0 Å². The van der Waals surface area contributed by atoms with Crippen molar-refractivity contribution >= 4 is 11.9 Å². The van der Waals surface area contributed by atoms with E-state index in [1.165, 1.54) is 0 Å². The van der Waals surface area contributed by atoms with Gasteiger partial charge < -0.3 is 19.3 Å². The van der Waals surface area contributed by atoms with E-state index in [-0.39, 0.29) is 6.61 Å². The van der Waals surface area contributed by atoms with E-state index in [1.54, 1.807) is 67.6 Å². The Kier molecular flexibility index (Phi) is 5.65. The van der Waals surface area contributed by atoms with Crippen LogP contribution in [-0.2, 0) is 14.2 Å². The van der Waals surface area contributed by atoms with Crippen LogP contribution in [0.4, 0.5) is 0 Å². The molecule has 4 atom stereocenters. The number of rotatable bonds is 5. The molecule has 6 nitrogen and oxygen atoms in total.